The van der Waals surface area contributed by atoms with E-state index in [0.717, 1.165) is 27.1 Å². The minimum Gasteiger partial charge on any atom is -0.423 e. The number of hydrogen-bond donors (Lipinski definition) is 0. The Hall–Kier alpha value is -2.77. The number of nitrogens with zero attached hydrogens (tertiary/aromatic N) is 1. The summed E-state index contributed by atoms with van der Waals surface area (Å²) in [6, 6.07) is 6.91. The second-order valence-electron chi connectivity index (χ2n) is 6.00. The van der Waals surface area contributed by atoms with Crippen LogP contribution in [0.3, 0.4) is 0 Å². The summed E-state index contributed by atoms with van der Waals surface area (Å²) in [6.45, 7) is 3.83. The minimum atomic E-state index is -0.531. The highest BCUT2D eigenvalue weighted by molar-refractivity contribution is 7.14. The Morgan fingerprint density at radius 2 is 2.11 bits per heavy atom. The first-order valence-electron chi connectivity index (χ1n) is 8.33. The van der Waals surface area contributed by atoms with Crippen LogP contribution in [0.2, 0.25) is 0 Å². The predicted molar refractivity (Wildman–Crippen MR) is 107 cm³/mol. The van der Waals surface area contributed by atoms with E-state index in [0.29, 0.717) is 17.8 Å². The number of ether oxygens (including phenoxy) is 1. The van der Waals surface area contributed by atoms with Gasteiger partial charge in [-0.2, -0.15) is 11.3 Å². The molecule has 0 fully saturated rings. The number of hydrogen-bond acceptors (Lipinski definition) is 7. The number of fused-ring (bicyclic) bond motifs is 1. The number of rotatable bonds is 4. The van der Waals surface area contributed by atoms with Crippen molar-refractivity contribution < 1.29 is 13.9 Å². The Kier molecular flexibility index (Phi) is 4.63. The molecule has 0 atom stereocenters. The van der Waals surface area contributed by atoms with Gasteiger partial charge in [0.2, 0.25) is 0 Å². The van der Waals surface area contributed by atoms with E-state index in [2.05, 4.69) is 4.98 Å². The van der Waals surface area contributed by atoms with E-state index >= 15 is 0 Å². The molecule has 136 valence electrons. The fourth-order valence-electron chi connectivity index (χ4n) is 2.80. The molecule has 0 aliphatic heterocycles. The van der Waals surface area contributed by atoms with Crippen LogP contribution >= 0.6 is 22.7 Å². The van der Waals surface area contributed by atoms with Crippen LogP contribution in [-0.4, -0.2) is 11.0 Å². The van der Waals surface area contributed by atoms with Gasteiger partial charge < -0.3 is 9.15 Å². The highest BCUT2D eigenvalue weighted by Gasteiger charge is 2.17. The van der Waals surface area contributed by atoms with Crippen molar-refractivity contribution in [3.63, 3.8) is 0 Å². The molecule has 3 aromatic heterocycles. The number of esters is 1. The predicted octanol–water partition coefficient (Wildman–Crippen LogP) is 5.07. The van der Waals surface area contributed by atoms with Crippen molar-refractivity contribution in [3.05, 3.63) is 67.6 Å². The van der Waals surface area contributed by atoms with Crippen LogP contribution in [0.4, 0.5) is 0 Å². The lowest BCUT2D eigenvalue weighted by Gasteiger charge is -2.10. The van der Waals surface area contributed by atoms with E-state index in [1.807, 2.05) is 36.7 Å². The van der Waals surface area contributed by atoms with Crippen molar-refractivity contribution >= 4 is 39.6 Å². The number of thiazole rings is 1. The first kappa shape index (κ1) is 17.6. The largest absolute Gasteiger partial charge is 0.423 e. The topological polar surface area (TPSA) is 69.4 Å². The highest BCUT2D eigenvalue weighted by atomic mass is 32.1. The fourth-order valence-corrected chi connectivity index (χ4v) is 4.30. The Morgan fingerprint density at radius 3 is 2.85 bits per heavy atom. The molecule has 27 heavy (non-hydrogen) atoms. The summed E-state index contributed by atoms with van der Waals surface area (Å²) in [7, 11) is 0. The van der Waals surface area contributed by atoms with Crippen molar-refractivity contribution in [2.24, 2.45) is 0 Å². The Labute approximate surface area is 162 Å². The summed E-state index contributed by atoms with van der Waals surface area (Å²) in [5.74, 6) is -0.148. The third-order valence-corrected chi connectivity index (χ3v) is 5.77. The Bertz CT molecular complexity index is 1190. The lowest BCUT2D eigenvalue weighted by Crippen LogP contribution is -2.10. The first-order valence-corrected chi connectivity index (χ1v) is 10.1. The van der Waals surface area contributed by atoms with E-state index in [4.69, 9.17) is 9.15 Å². The molecule has 4 aromatic rings. The molecule has 0 radical (unpaired) electrons. The number of aromatic nitrogens is 1. The van der Waals surface area contributed by atoms with Crippen LogP contribution in [-0.2, 0) is 6.42 Å². The van der Waals surface area contributed by atoms with Gasteiger partial charge >= 0.3 is 11.6 Å². The highest BCUT2D eigenvalue weighted by Crippen LogP contribution is 2.30. The third kappa shape index (κ3) is 3.43. The smallest absolute Gasteiger partial charge is 0.363 e. The Morgan fingerprint density at radius 1 is 1.26 bits per heavy atom. The van der Waals surface area contributed by atoms with Crippen LogP contribution in [0.25, 0.3) is 21.5 Å². The SMILES string of the molecule is CCc1cc2c(C)cc(=O)oc2cc1OC(=O)c1csc(-c2ccsc2)n1. The first-order chi connectivity index (χ1) is 13.0. The quantitative estimate of drug-likeness (QED) is 0.273. The molecule has 4 rings (SSSR count). The molecule has 0 saturated carbocycles. The van der Waals surface area contributed by atoms with Gasteiger partial charge in [0.05, 0.1) is 0 Å². The van der Waals surface area contributed by atoms with Gasteiger partial charge in [0.15, 0.2) is 5.69 Å². The molecular formula is C20H15NO4S2. The summed E-state index contributed by atoms with van der Waals surface area (Å²) in [4.78, 5) is 28.6. The molecule has 0 unspecified atom stereocenters. The average molecular weight is 397 g/mol. The molecule has 0 aliphatic carbocycles. The number of thiophene rings is 1. The lowest BCUT2D eigenvalue weighted by molar-refractivity contribution is 0.0728. The maximum absolute atomic E-state index is 12.6. The van der Waals surface area contributed by atoms with Crippen LogP contribution in [0.1, 0.15) is 28.5 Å². The molecule has 0 saturated heterocycles. The number of carbonyl (C=O) groups is 1. The van der Waals surface area contributed by atoms with Gasteiger partial charge in [0, 0.05) is 33.8 Å². The van der Waals surface area contributed by atoms with Gasteiger partial charge in [-0.25, -0.2) is 14.6 Å². The molecule has 3 heterocycles. The zero-order valence-electron chi connectivity index (χ0n) is 14.6. The van der Waals surface area contributed by atoms with Crippen molar-refractivity contribution in [1.29, 1.82) is 0 Å². The zero-order chi connectivity index (χ0) is 19.0. The molecular weight excluding hydrogens is 382 g/mol. The number of benzene rings is 1. The van der Waals surface area contributed by atoms with E-state index in [9.17, 15) is 9.59 Å². The molecule has 7 heteroatoms. The maximum Gasteiger partial charge on any atom is 0.363 e. The van der Waals surface area contributed by atoms with E-state index in [1.165, 1.54) is 17.4 Å². The summed E-state index contributed by atoms with van der Waals surface area (Å²) >= 11 is 2.97. The van der Waals surface area contributed by atoms with Crippen molar-refractivity contribution in [3.8, 4) is 16.3 Å². The summed E-state index contributed by atoms with van der Waals surface area (Å²) < 4.78 is 10.9. The standard InChI is InChI=1S/C20H15NO4S2/c1-3-12-7-14-11(2)6-18(22)24-17(14)8-16(12)25-20(23)15-10-27-19(21-15)13-4-5-26-9-13/h4-10H,3H2,1-2H3. The molecule has 5 nitrogen and oxygen atoms in total. The van der Waals surface area contributed by atoms with Crippen molar-refractivity contribution in [2.75, 3.05) is 0 Å². The minimum absolute atomic E-state index is 0.258. The van der Waals surface area contributed by atoms with Gasteiger partial charge in [0.25, 0.3) is 0 Å². The van der Waals surface area contributed by atoms with Gasteiger partial charge in [0.1, 0.15) is 16.3 Å². The third-order valence-electron chi connectivity index (χ3n) is 4.20. The lowest BCUT2D eigenvalue weighted by atomic mass is 10.1. The molecule has 0 bridgehead atoms. The molecule has 0 aliphatic rings. The second-order valence-corrected chi connectivity index (χ2v) is 7.64. The monoisotopic (exact) mass is 397 g/mol. The van der Waals surface area contributed by atoms with Gasteiger partial charge in [-0.15, -0.1) is 11.3 Å². The van der Waals surface area contributed by atoms with Crippen LogP contribution in [0.5, 0.6) is 5.75 Å². The fraction of sp³-hybridized carbons (Fsp3) is 0.150. The van der Waals surface area contributed by atoms with Crippen molar-refractivity contribution in [1.82, 2.24) is 4.98 Å². The normalized spacial score (nSPS) is 11.0. The molecule has 0 spiro atoms. The number of aryl methyl sites for hydroxylation is 2. The second kappa shape index (κ2) is 7.09. The summed E-state index contributed by atoms with van der Waals surface area (Å²) in [5, 5.41) is 7.25. The average Bonchev–Trinajstić information content (AvgIpc) is 3.32. The van der Waals surface area contributed by atoms with Gasteiger partial charge in [-0.05, 0) is 42.0 Å². The number of carbonyl (C=O) groups excluding carboxylic acids is 1. The van der Waals surface area contributed by atoms with Gasteiger partial charge in [-0.3, -0.25) is 0 Å². The van der Waals surface area contributed by atoms with Crippen molar-refractivity contribution in [2.45, 2.75) is 20.3 Å². The zero-order valence-corrected chi connectivity index (χ0v) is 16.3. The molecule has 1 aromatic carbocycles. The van der Waals surface area contributed by atoms with Crippen LogP contribution < -0.4 is 10.4 Å². The van der Waals surface area contributed by atoms with E-state index < -0.39 is 11.6 Å². The molecule has 0 N–H and O–H groups in total. The summed E-state index contributed by atoms with van der Waals surface area (Å²) in [5.41, 5.74) is 2.91. The maximum atomic E-state index is 12.6. The molecule has 0 amide bonds. The van der Waals surface area contributed by atoms with E-state index in [-0.39, 0.29) is 5.69 Å². The van der Waals surface area contributed by atoms with Crippen LogP contribution in [0, 0.1) is 6.92 Å². The van der Waals surface area contributed by atoms with E-state index in [1.54, 1.807) is 22.8 Å². The summed E-state index contributed by atoms with van der Waals surface area (Å²) in [6.07, 6.45) is 0.675. The Balaban J connectivity index is 1.68. The van der Waals surface area contributed by atoms with Gasteiger partial charge in [-0.1, -0.05) is 6.92 Å². The van der Waals surface area contributed by atoms with Crippen LogP contribution in [0.15, 0.2) is 49.6 Å².